The Kier molecular flexibility index (Phi) is 2.95. The lowest BCUT2D eigenvalue weighted by Gasteiger charge is -2.07. The van der Waals surface area contributed by atoms with E-state index in [0.717, 1.165) is 16.5 Å². The van der Waals surface area contributed by atoms with Crippen molar-refractivity contribution in [2.75, 3.05) is 0 Å². The third-order valence-electron chi connectivity index (χ3n) is 3.22. The van der Waals surface area contributed by atoms with Crippen molar-refractivity contribution in [3.8, 4) is 5.75 Å². The van der Waals surface area contributed by atoms with Crippen LogP contribution in [0.15, 0.2) is 48.7 Å². The summed E-state index contributed by atoms with van der Waals surface area (Å²) in [4.78, 5) is 3.21. The molecule has 0 radical (unpaired) electrons. The highest BCUT2D eigenvalue weighted by Crippen LogP contribution is 2.24. The predicted molar refractivity (Wildman–Crippen MR) is 73.8 cm³/mol. The van der Waals surface area contributed by atoms with Crippen LogP contribution in [0.2, 0.25) is 0 Å². The molecule has 0 saturated carbocycles. The normalized spacial score (nSPS) is 10.8. The van der Waals surface area contributed by atoms with Crippen molar-refractivity contribution in [1.82, 2.24) is 4.98 Å². The Bertz CT molecular complexity index is 718. The van der Waals surface area contributed by atoms with Gasteiger partial charge >= 0.3 is 0 Å². The van der Waals surface area contributed by atoms with Crippen molar-refractivity contribution >= 4 is 10.9 Å². The van der Waals surface area contributed by atoms with Gasteiger partial charge in [-0.25, -0.2) is 4.39 Å². The summed E-state index contributed by atoms with van der Waals surface area (Å²) in [6.45, 7) is 2.41. The molecule has 0 aliphatic rings. The van der Waals surface area contributed by atoms with E-state index in [4.69, 9.17) is 4.74 Å². The van der Waals surface area contributed by atoms with Crippen molar-refractivity contribution < 1.29 is 9.13 Å². The molecule has 0 saturated heterocycles. The van der Waals surface area contributed by atoms with Gasteiger partial charge in [0.15, 0.2) is 11.6 Å². The molecule has 0 aliphatic heterocycles. The number of benzene rings is 2. The highest BCUT2D eigenvalue weighted by atomic mass is 19.1. The number of aryl methyl sites for hydroxylation is 1. The first-order chi connectivity index (χ1) is 9.25. The monoisotopic (exact) mass is 255 g/mol. The van der Waals surface area contributed by atoms with Crippen molar-refractivity contribution in [3.63, 3.8) is 0 Å². The van der Waals surface area contributed by atoms with Gasteiger partial charge in [0.2, 0.25) is 0 Å². The summed E-state index contributed by atoms with van der Waals surface area (Å²) >= 11 is 0. The minimum absolute atomic E-state index is 0.283. The second-order valence-corrected chi connectivity index (χ2v) is 4.53. The molecule has 0 aliphatic carbocycles. The number of nitrogens with one attached hydrogen (secondary N) is 1. The maximum Gasteiger partial charge on any atom is 0.165 e. The number of hydrogen-bond donors (Lipinski definition) is 1. The topological polar surface area (TPSA) is 25.0 Å². The van der Waals surface area contributed by atoms with Crippen LogP contribution in [0.5, 0.6) is 5.75 Å². The van der Waals surface area contributed by atoms with Gasteiger partial charge in [-0.15, -0.1) is 0 Å². The molecule has 0 unspecified atom stereocenters. The molecule has 0 atom stereocenters. The fourth-order valence-corrected chi connectivity index (χ4v) is 2.28. The number of ether oxygens (including phenoxy) is 1. The molecule has 19 heavy (non-hydrogen) atoms. The zero-order valence-corrected chi connectivity index (χ0v) is 10.6. The molecule has 1 aromatic heterocycles. The first kappa shape index (κ1) is 11.8. The van der Waals surface area contributed by atoms with Gasteiger partial charge in [0, 0.05) is 22.7 Å². The first-order valence-corrected chi connectivity index (χ1v) is 6.18. The average Bonchev–Trinajstić information content (AvgIpc) is 2.83. The summed E-state index contributed by atoms with van der Waals surface area (Å²) in [5.41, 5.74) is 3.30. The molecule has 3 aromatic rings. The number of aromatic nitrogens is 1. The third kappa shape index (κ3) is 2.19. The molecule has 0 bridgehead atoms. The molecule has 3 heteroatoms. The molecular weight excluding hydrogens is 241 g/mol. The minimum Gasteiger partial charge on any atom is -0.486 e. The Balaban J connectivity index is 1.89. The Hall–Kier alpha value is -2.29. The van der Waals surface area contributed by atoms with E-state index in [1.807, 2.05) is 18.3 Å². The molecular formula is C16H14FNO. The number of H-pyrrole nitrogens is 1. The van der Waals surface area contributed by atoms with Crippen LogP contribution in [0, 0.1) is 12.7 Å². The third-order valence-corrected chi connectivity index (χ3v) is 3.22. The molecule has 1 heterocycles. The SMILES string of the molecule is Cc1cccc2[nH]cc(COc3ccccc3F)c12. The van der Waals surface area contributed by atoms with Crippen molar-refractivity contribution in [1.29, 1.82) is 0 Å². The quantitative estimate of drug-likeness (QED) is 0.745. The average molecular weight is 255 g/mol. The van der Waals surface area contributed by atoms with E-state index < -0.39 is 0 Å². The van der Waals surface area contributed by atoms with Crippen LogP contribution in [-0.4, -0.2) is 4.98 Å². The Morgan fingerprint density at radius 1 is 1.11 bits per heavy atom. The van der Waals surface area contributed by atoms with Crippen molar-refractivity contribution in [3.05, 3.63) is 65.6 Å². The second-order valence-electron chi connectivity index (χ2n) is 4.53. The number of para-hydroxylation sites is 1. The summed E-state index contributed by atoms with van der Waals surface area (Å²) in [6, 6.07) is 12.5. The fourth-order valence-electron chi connectivity index (χ4n) is 2.28. The molecule has 1 N–H and O–H groups in total. The second kappa shape index (κ2) is 4.76. The van der Waals surface area contributed by atoms with E-state index in [0.29, 0.717) is 6.61 Å². The van der Waals surface area contributed by atoms with Crippen LogP contribution in [0.25, 0.3) is 10.9 Å². The summed E-state index contributed by atoms with van der Waals surface area (Å²) < 4.78 is 19.0. The van der Waals surface area contributed by atoms with E-state index in [9.17, 15) is 4.39 Å². The van der Waals surface area contributed by atoms with Crippen molar-refractivity contribution in [2.24, 2.45) is 0 Å². The highest BCUT2D eigenvalue weighted by Gasteiger charge is 2.08. The highest BCUT2D eigenvalue weighted by molar-refractivity contribution is 5.86. The first-order valence-electron chi connectivity index (χ1n) is 6.18. The van der Waals surface area contributed by atoms with E-state index in [1.165, 1.54) is 11.6 Å². The van der Waals surface area contributed by atoms with Gasteiger partial charge in [-0.2, -0.15) is 0 Å². The Morgan fingerprint density at radius 3 is 2.79 bits per heavy atom. The van der Waals surface area contributed by atoms with Crippen LogP contribution >= 0.6 is 0 Å². The largest absolute Gasteiger partial charge is 0.486 e. The van der Waals surface area contributed by atoms with E-state index >= 15 is 0 Å². The smallest absolute Gasteiger partial charge is 0.165 e. The lowest BCUT2D eigenvalue weighted by Crippen LogP contribution is -1.96. The maximum atomic E-state index is 13.5. The van der Waals surface area contributed by atoms with E-state index in [-0.39, 0.29) is 11.6 Å². The summed E-state index contributed by atoms with van der Waals surface area (Å²) in [6.07, 6.45) is 1.92. The molecule has 0 fully saturated rings. The van der Waals surface area contributed by atoms with Crippen LogP contribution in [0.3, 0.4) is 0 Å². The van der Waals surface area contributed by atoms with Gasteiger partial charge in [-0.3, -0.25) is 0 Å². The zero-order chi connectivity index (χ0) is 13.2. The van der Waals surface area contributed by atoms with Gasteiger partial charge in [-0.05, 0) is 30.7 Å². The summed E-state index contributed by atoms with van der Waals surface area (Å²) in [5.74, 6) is -0.0514. The lowest BCUT2D eigenvalue weighted by atomic mass is 10.1. The number of hydrogen-bond acceptors (Lipinski definition) is 1. The van der Waals surface area contributed by atoms with Gasteiger partial charge in [0.25, 0.3) is 0 Å². The van der Waals surface area contributed by atoms with Gasteiger partial charge in [0.1, 0.15) is 6.61 Å². The van der Waals surface area contributed by atoms with Crippen molar-refractivity contribution in [2.45, 2.75) is 13.5 Å². The maximum absolute atomic E-state index is 13.5. The zero-order valence-electron chi connectivity index (χ0n) is 10.6. The molecule has 2 nitrogen and oxygen atoms in total. The Morgan fingerprint density at radius 2 is 1.95 bits per heavy atom. The number of halogens is 1. The van der Waals surface area contributed by atoms with Crippen LogP contribution < -0.4 is 4.74 Å². The van der Waals surface area contributed by atoms with Crippen LogP contribution in [0.4, 0.5) is 4.39 Å². The van der Waals surface area contributed by atoms with E-state index in [1.54, 1.807) is 18.2 Å². The van der Waals surface area contributed by atoms with Crippen LogP contribution in [-0.2, 0) is 6.61 Å². The summed E-state index contributed by atoms with van der Waals surface area (Å²) in [7, 11) is 0. The van der Waals surface area contributed by atoms with E-state index in [2.05, 4.69) is 18.0 Å². The number of aromatic amines is 1. The molecule has 0 amide bonds. The molecule has 3 rings (SSSR count). The number of rotatable bonds is 3. The molecule has 2 aromatic carbocycles. The number of fused-ring (bicyclic) bond motifs is 1. The summed E-state index contributed by atoms with van der Waals surface area (Å²) in [5, 5.41) is 1.15. The van der Waals surface area contributed by atoms with Gasteiger partial charge in [0.05, 0.1) is 0 Å². The van der Waals surface area contributed by atoms with Gasteiger partial charge < -0.3 is 9.72 Å². The Labute approximate surface area is 110 Å². The van der Waals surface area contributed by atoms with Crippen LogP contribution in [0.1, 0.15) is 11.1 Å². The standard InChI is InChI=1S/C16H14FNO/c1-11-5-4-7-14-16(11)12(9-18-14)10-19-15-8-3-2-6-13(15)17/h2-9,18H,10H2,1H3. The molecule has 0 spiro atoms. The minimum atomic E-state index is -0.334. The molecule has 96 valence electrons. The fraction of sp³-hybridized carbons (Fsp3) is 0.125. The predicted octanol–water partition coefficient (Wildman–Crippen LogP) is 4.19. The van der Waals surface area contributed by atoms with Gasteiger partial charge in [-0.1, -0.05) is 24.3 Å². The lowest BCUT2D eigenvalue weighted by molar-refractivity contribution is 0.291.